The molecule has 0 atom stereocenters. The third-order valence-corrected chi connectivity index (χ3v) is 16.3. The fourth-order valence-electron chi connectivity index (χ4n) is 10.9. The van der Waals surface area contributed by atoms with E-state index in [1.807, 2.05) is 36.4 Å². The summed E-state index contributed by atoms with van der Waals surface area (Å²) in [7, 11) is -8.00. The van der Waals surface area contributed by atoms with Crippen LogP contribution < -0.4 is 30.1 Å². The highest BCUT2D eigenvalue weighted by molar-refractivity contribution is 7.89. The van der Waals surface area contributed by atoms with Crippen molar-refractivity contribution in [2.45, 2.75) is 81.4 Å². The second-order valence-corrected chi connectivity index (χ2v) is 23.1. The monoisotopic (exact) mass is 1010 g/mol. The maximum Gasteiger partial charge on any atom is 0.280 e. The quantitative estimate of drug-likeness (QED) is 0.0894. The summed E-state index contributed by atoms with van der Waals surface area (Å²) in [6.45, 7) is 13.9. The second-order valence-electron chi connectivity index (χ2n) is 19.9. The highest BCUT2D eigenvalue weighted by Crippen LogP contribution is 2.52. The molecule has 0 radical (unpaired) electrons. The second kappa shape index (κ2) is 18.2. The van der Waals surface area contributed by atoms with Gasteiger partial charge in [-0.1, -0.05) is 100 Å². The van der Waals surface area contributed by atoms with Crippen molar-refractivity contribution in [1.82, 2.24) is 0 Å². The maximum atomic E-state index is 14.0. The van der Waals surface area contributed by atoms with Gasteiger partial charge in [-0.3, -0.25) is 9.59 Å². The first-order valence-corrected chi connectivity index (χ1v) is 27.3. The van der Waals surface area contributed by atoms with E-state index in [2.05, 4.69) is 108 Å². The van der Waals surface area contributed by atoms with Gasteiger partial charge in [-0.25, -0.2) is 27.1 Å². The van der Waals surface area contributed by atoms with Crippen molar-refractivity contribution in [3.8, 4) is 0 Å². The van der Waals surface area contributed by atoms with Gasteiger partial charge in [0, 0.05) is 46.7 Å². The van der Waals surface area contributed by atoms with Crippen LogP contribution in [0.5, 0.6) is 0 Å². The maximum absolute atomic E-state index is 14.0. The van der Waals surface area contributed by atoms with Gasteiger partial charge in [-0.05, 0) is 139 Å². The Morgan fingerprint density at radius 2 is 0.904 bits per heavy atom. The van der Waals surface area contributed by atoms with E-state index in [0.29, 0.717) is 33.9 Å². The lowest BCUT2D eigenvalue weighted by Crippen LogP contribution is -2.28. The van der Waals surface area contributed by atoms with Gasteiger partial charge in [-0.15, -0.1) is 0 Å². The molecular formula is C57H56N8O6S2. The summed E-state index contributed by atoms with van der Waals surface area (Å²) in [5.74, 6) is -0.743. The van der Waals surface area contributed by atoms with Crippen molar-refractivity contribution in [1.29, 1.82) is 0 Å². The molecule has 0 aromatic heterocycles. The van der Waals surface area contributed by atoms with E-state index >= 15 is 0 Å². The smallest absolute Gasteiger partial charge is 0.280 e. The van der Waals surface area contributed by atoms with E-state index in [-0.39, 0.29) is 21.6 Å². The Morgan fingerprint density at radius 3 is 1.30 bits per heavy atom. The van der Waals surface area contributed by atoms with E-state index in [4.69, 9.17) is 10.3 Å². The third kappa shape index (κ3) is 8.67. The topological polar surface area (TPSA) is 192 Å². The fourth-order valence-corrected chi connectivity index (χ4v) is 12.1. The number of carbonyl (C=O) groups is 2. The lowest BCUT2D eigenvalue weighted by atomic mass is 9.81. The van der Waals surface area contributed by atoms with Crippen LogP contribution in [0.25, 0.3) is 21.5 Å². The molecule has 0 saturated carbocycles. The Labute approximate surface area is 426 Å². The van der Waals surface area contributed by atoms with E-state index < -0.39 is 30.9 Å². The summed E-state index contributed by atoms with van der Waals surface area (Å²) in [6, 6.07) is 37.3. The number of hydrogen-bond acceptors (Lipinski definition) is 10. The average Bonchev–Trinajstić information content (AvgIpc) is 3.97. The Balaban J connectivity index is 0.929. The summed E-state index contributed by atoms with van der Waals surface area (Å²) in [6.07, 6.45) is 10.4. The molecule has 0 bridgehead atoms. The lowest BCUT2D eigenvalue weighted by Gasteiger charge is -2.28. The van der Waals surface area contributed by atoms with Gasteiger partial charge in [0.05, 0.1) is 43.7 Å². The van der Waals surface area contributed by atoms with Crippen molar-refractivity contribution in [2.24, 2.45) is 20.5 Å². The Morgan fingerprint density at radius 1 is 0.507 bits per heavy atom. The number of allylic oxidation sites excluding steroid dienone is 6. The van der Waals surface area contributed by atoms with Crippen molar-refractivity contribution in [2.75, 3.05) is 32.9 Å². The van der Waals surface area contributed by atoms with Crippen LogP contribution in [0.1, 0.15) is 71.9 Å². The van der Waals surface area contributed by atoms with Gasteiger partial charge in [0.1, 0.15) is 0 Å². The third-order valence-electron chi connectivity index (χ3n) is 14.5. The zero-order valence-electron chi connectivity index (χ0n) is 41.5. The molecule has 73 heavy (non-hydrogen) atoms. The van der Waals surface area contributed by atoms with Gasteiger partial charge < -0.3 is 9.80 Å². The number of nitrogens with two attached hydrogens (primary N) is 2. The van der Waals surface area contributed by atoms with Gasteiger partial charge in [0.25, 0.3) is 11.8 Å². The molecule has 16 heteroatoms. The molecule has 10 rings (SSSR count). The summed E-state index contributed by atoms with van der Waals surface area (Å²) in [4.78, 5) is 32.5. The Bertz CT molecular complexity index is 3530. The van der Waals surface area contributed by atoms with Crippen LogP contribution in [0, 0.1) is 0 Å². The van der Waals surface area contributed by atoms with Gasteiger partial charge in [-0.2, -0.15) is 20.2 Å². The van der Waals surface area contributed by atoms with Crippen LogP contribution in [-0.4, -0.2) is 53.2 Å². The van der Waals surface area contributed by atoms with Crippen LogP contribution in [0.4, 0.5) is 22.7 Å². The zero-order valence-corrected chi connectivity index (χ0v) is 43.1. The summed E-state index contributed by atoms with van der Waals surface area (Å²) >= 11 is 0. The number of fused-ring (bicyclic) bond motifs is 6. The van der Waals surface area contributed by atoms with Crippen molar-refractivity contribution < 1.29 is 26.4 Å². The van der Waals surface area contributed by atoms with E-state index in [1.165, 1.54) is 68.3 Å². The molecular weight excluding hydrogens is 957 g/mol. The molecule has 4 heterocycles. The average molecular weight is 1010 g/mol. The van der Waals surface area contributed by atoms with Crippen molar-refractivity contribution in [3.63, 3.8) is 0 Å². The van der Waals surface area contributed by atoms with E-state index in [0.717, 1.165) is 65.9 Å². The van der Waals surface area contributed by atoms with Crippen LogP contribution in [0.3, 0.4) is 0 Å². The largest absolute Gasteiger partial charge is 0.344 e. The number of nitrogens with zero attached hydrogens (tertiary/aromatic N) is 6. The number of rotatable bonds is 12. The molecule has 0 saturated heterocycles. The zero-order chi connectivity index (χ0) is 51.8. The number of primary sulfonamides is 2. The van der Waals surface area contributed by atoms with Gasteiger partial charge in [0.15, 0.2) is 0 Å². The minimum absolute atomic E-state index is 0.110. The minimum Gasteiger partial charge on any atom is -0.344 e. The summed E-state index contributed by atoms with van der Waals surface area (Å²) in [5, 5.41) is 27.0. The number of hydrogen-bond donors (Lipinski definition) is 2. The molecule has 0 aliphatic carbocycles. The molecule has 6 aromatic rings. The molecule has 14 nitrogen and oxygen atoms in total. The first kappa shape index (κ1) is 49.1. The highest BCUT2D eigenvalue weighted by atomic mass is 32.2. The molecule has 4 aliphatic heterocycles. The van der Waals surface area contributed by atoms with Gasteiger partial charge >= 0.3 is 0 Å². The number of carbonyl (C=O) groups excluding carboxylic acids is 2. The number of unbranched alkanes of at least 4 members (excludes halogenated alkanes) is 2. The first-order valence-electron chi connectivity index (χ1n) is 24.2. The molecule has 0 unspecified atom stereocenters. The molecule has 2 amide bonds. The predicted octanol–water partition coefficient (Wildman–Crippen LogP) is 9.82. The van der Waals surface area contributed by atoms with Crippen molar-refractivity contribution in [3.05, 3.63) is 179 Å². The van der Waals surface area contributed by atoms with E-state index in [9.17, 15) is 26.4 Å². The number of sulfonamides is 2. The number of amides is 2. The first-order chi connectivity index (χ1) is 34.7. The van der Waals surface area contributed by atoms with Crippen LogP contribution in [0.2, 0.25) is 0 Å². The van der Waals surface area contributed by atoms with Crippen LogP contribution in [-0.2, 0) is 40.5 Å². The van der Waals surface area contributed by atoms with Gasteiger partial charge in [0.2, 0.25) is 20.0 Å². The van der Waals surface area contributed by atoms with E-state index in [1.54, 1.807) is 26.0 Å². The summed E-state index contributed by atoms with van der Waals surface area (Å²) < 4.78 is 48.6. The van der Waals surface area contributed by atoms with Crippen LogP contribution >= 0.6 is 0 Å². The number of benzene rings is 6. The number of anilines is 4. The molecule has 4 aliphatic rings. The molecule has 0 spiro atoms. The molecule has 6 aromatic carbocycles. The molecule has 4 N–H and O–H groups in total. The van der Waals surface area contributed by atoms with Crippen LogP contribution in [0.15, 0.2) is 188 Å². The molecule has 372 valence electrons. The lowest BCUT2D eigenvalue weighted by molar-refractivity contribution is -0.115. The Hall–Kier alpha value is -7.50. The SMILES string of the molecule is CC1=NN(c2cccc(S(N)(=O)=O)c2)C(=O)/C1=C\C=C1\N(CCCCCN2/C(=C/C=C3\C(=O)N(c4cccc(S(N)(=O)=O)c4)N=C3C)C(C)(C)c3c2ccc2ccccc32)c2ccc3ccccc3c2C1(C)C. The highest BCUT2D eigenvalue weighted by Gasteiger charge is 2.43. The number of hydrazone groups is 2. The predicted molar refractivity (Wildman–Crippen MR) is 292 cm³/mol. The molecule has 0 fully saturated rings. The standard InChI is InChI=1S/C57H56N8O6S2/c1-36-44(54(66)64(60-36)40-18-14-20-42(34-40)72(58,68)69)26-30-50-56(3,4)52-46-22-10-8-16-38(46)24-28-48(52)62(50)32-12-7-13-33-63-49-29-25-39-17-9-11-23-47(39)53(49)57(5,6)51(63)31-27-45-37(2)61-65(55(45)67)41-19-15-21-43(35-41)73(59,70)71/h8-11,14-31,34-35H,7,12-13,32-33H2,1-6H3,(H2,58,68,69)(H2,59,70,71)/b44-26-,45-27-,50-30+,51-31+. The minimum atomic E-state index is -4.00. The normalized spacial score (nSPS) is 19.6. The fraction of sp³-hybridized carbons (Fsp3) is 0.228. The van der Waals surface area contributed by atoms with Crippen molar-refractivity contribution >= 4 is 87.6 Å². The summed E-state index contributed by atoms with van der Waals surface area (Å²) in [5.41, 5.74) is 8.28. The Kier molecular flexibility index (Phi) is 12.2.